The molecule has 3 nitrogen and oxygen atoms in total. The molecule has 0 aliphatic rings. The summed E-state index contributed by atoms with van der Waals surface area (Å²) in [7, 11) is 0. The third kappa shape index (κ3) is 1.47. The lowest BCUT2D eigenvalue weighted by atomic mass is 10.1. The van der Waals surface area contributed by atoms with Crippen molar-refractivity contribution in [3.63, 3.8) is 0 Å². The summed E-state index contributed by atoms with van der Waals surface area (Å²) in [5.74, 6) is 0. The maximum Gasteiger partial charge on any atom is 0.0991 e. The fourth-order valence-corrected chi connectivity index (χ4v) is 0.757. The maximum absolute atomic E-state index is 8.44. The molecule has 0 unspecified atom stereocenters. The second-order valence-electron chi connectivity index (χ2n) is 2.02. The third-order valence-electron chi connectivity index (χ3n) is 1.19. The molecule has 0 radical (unpaired) electrons. The van der Waals surface area contributed by atoms with E-state index >= 15 is 0 Å². The Hall–Kier alpha value is -2.00. The molecule has 0 heterocycles. The van der Waals surface area contributed by atoms with Gasteiger partial charge in [0.05, 0.1) is 23.3 Å². The first-order valence-electron chi connectivity index (χ1n) is 2.93. The van der Waals surface area contributed by atoms with Crippen molar-refractivity contribution in [1.29, 1.82) is 10.5 Å². The Morgan fingerprint density at radius 3 is 1.82 bits per heavy atom. The van der Waals surface area contributed by atoms with Gasteiger partial charge in [-0.3, -0.25) is 0 Å². The monoisotopic (exact) mass is 142 g/mol. The zero-order valence-electron chi connectivity index (χ0n) is 5.63. The Morgan fingerprint density at radius 1 is 1.00 bits per heavy atom. The van der Waals surface area contributed by atoms with Crippen LogP contribution in [0.2, 0.25) is 0 Å². The summed E-state index contributed by atoms with van der Waals surface area (Å²) < 4.78 is 0. The van der Waals surface area contributed by atoms with Gasteiger partial charge in [-0.25, -0.2) is 0 Å². The van der Waals surface area contributed by atoms with E-state index in [0.29, 0.717) is 11.1 Å². The average Bonchev–Trinajstić information content (AvgIpc) is 2.03. The van der Waals surface area contributed by atoms with Gasteiger partial charge in [-0.1, -0.05) is 12.1 Å². The molecule has 52 valence electrons. The SMILES string of the molecule is N#Cc1cc([NH-])cc(C#N)c1. The lowest BCUT2D eigenvalue weighted by Gasteiger charge is -2.01. The van der Waals surface area contributed by atoms with E-state index in [1.165, 1.54) is 18.2 Å². The lowest BCUT2D eigenvalue weighted by molar-refractivity contribution is 1.45. The Balaban J connectivity index is 3.28. The van der Waals surface area contributed by atoms with E-state index < -0.39 is 0 Å². The second-order valence-corrected chi connectivity index (χ2v) is 2.02. The highest BCUT2D eigenvalue weighted by Crippen LogP contribution is 2.14. The van der Waals surface area contributed by atoms with Crippen LogP contribution in [0.25, 0.3) is 5.73 Å². The zero-order chi connectivity index (χ0) is 8.27. The van der Waals surface area contributed by atoms with Gasteiger partial charge in [-0.2, -0.15) is 10.5 Å². The van der Waals surface area contributed by atoms with Crippen molar-refractivity contribution < 1.29 is 0 Å². The van der Waals surface area contributed by atoms with Crippen LogP contribution >= 0.6 is 0 Å². The molecule has 0 saturated carbocycles. The summed E-state index contributed by atoms with van der Waals surface area (Å²) in [6, 6.07) is 8.03. The number of nitrogens with zero attached hydrogens (tertiary/aromatic N) is 2. The summed E-state index contributed by atoms with van der Waals surface area (Å²) >= 11 is 0. The Bertz CT molecular complexity index is 322. The lowest BCUT2D eigenvalue weighted by Crippen LogP contribution is -1.76. The molecule has 1 rings (SSSR count). The topological polar surface area (TPSA) is 71.4 Å². The minimum atomic E-state index is 0.195. The van der Waals surface area contributed by atoms with E-state index in [-0.39, 0.29) is 5.69 Å². The van der Waals surface area contributed by atoms with Crippen molar-refractivity contribution in [3.8, 4) is 12.1 Å². The molecule has 1 aromatic rings. The summed E-state index contributed by atoms with van der Waals surface area (Å²) in [4.78, 5) is 0. The van der Waals surface area contributed by atoms with Crippen LogP contribution in [0, 0.1) is 22.7 Å². The van der Waals surface area contributed by atoms with Crippen molar-refractivity contribution >= 4 is 5.69 Å². The van der Waals surface area contributed by atoms with Crippen LogP contribution < -0.4 is 0 Å². The molecule has 1 aromatic carbocycles. The molecule has 0 aliphatic carbocycles. The standard InChI is InChI=1S/C8H4N3/c9-4-6-1-7(5-10)3-8(11)2-6/h1-3,11H/q-1. The molecule has 0 fully saturated rings. The molecule has 0 bridgehead atoms. The maximum atomic E-state index is 8.44. The quantitative estimate of drug-likeness (QED) is 0.556. The van der Waals surface area contributed by atoms with Crippen molar-refractivity contribution in [2.24, 2.45) is 0 Å². The fraction of sp³-hybridized carbons (Fsp3) is 0. The molecule has 1 N–H and O–H groups in total. The van der Waals surface area contributed by atoms with Crippen molar-refractivity contribution in [3.05, 3.63) is 35.1 Å². The largest absolute Gasteiger partial charge is 0.699 e. The summed E-state index contributed by atoms with van der Waals surface area (Å²) in [5.41, 5.74) is 8.09. The Morgan fingerprint density at radius 2 is 1.45 bits per heavy atom. The highest BCUT2D eigenvalue weighted by molar-refractivity contribution is 5.54. The van der Waals surface area contributed by atoms with Crippen molar-refractivity contribution in [1.82, 2.24) is 0 Å². The van der Waals surface area contributed by atoms with Gasteiger partial charge < -0.3 is 5.73 Å². The highest BCUT2D eigenvalue weighted by atomic mass is 14.5. The van der Waals surface area contributed by atoms with Crippen LogP contribution in [0.5, 0.6) is 0 Å². The van der Waals surface area contributed by atoms with Gasteiger partial charge in [-0.15, -0.1) is 5.69 Å². The molecule has 11 heavy (non-hydrogen) atoms. The summed E-state index contributed by atoms with van der Waals surface area (Å²) in [6.45, 7) is 0. The van der Waals surface area contributed by atoms with E-state index in [0.717, 1.165) is 0 Å². The van der Waals surface area contributed by atoms with Crippen molar-refractivity contribution in [2.45, 2.75) is 0 Å². The first-order chi connectivity index (χ1) is 5.26. The number of nitriles is 2. The number of hydrogen-bond donors (Lipinski definition) is 0. The molecule has 0 saturated heterocycles. The fourth-order valence-electron chi connectivity index (χ4n) is 0.757. The van der Waals surface area contributed by atoms with Gasteiger partial charge >= 0.3 is 0 Å². The van der Waals surface area contributed by atoms with Gasteiger partial charge in [0.2, 0.25) is 0 Å². The van der Waals surface area contributed by atoms with Crippen molar-refractivity contribution in [2.75, 3.05) is 0 Å². The van der Waals surface area contributed by atoms with E-state index in [4.69, 9.17) is 16.3 Å². The zero-order valence-corrected chi connectivity index (χ0v) is 5.63. The highest BCUT2D eigenvalue weighted by Gasteiger charge is 1.92. The van der Waals surface area contributed by atoms with Crippen LogP contribution in [0.4, 0.5) is 5.69 Å². The van der Waals surface area contributed by atoms with Crippen LogP contribution in [0.3, 0.4) is 0 Å². The smallest absolute Gasteiger partial charge is 0.0991 e. The molecular formula is C8H4N3-. The number of rotatable bonds is 0. The number of hydrogen-bond acceptors (Lipinski definition) is 2. The second kappa shape index (κ2) is 2.72. The average molecular weight is 142 g/mol. The predicted octanol–water partition coefficient (Wildman–Crippen LogP) is 2.11. The Kier molecular flexibility index (Phi) is 1.76. The number of nitrogens with one attached hydrogen (secondary N) is 1. The molecular weight excluding hydrogens is 138 g/mol. The molecule has 0 aliphatic heterocycles. The van der Waals surface area contributed by atoms with Crippen LogP contribution in [-0.2, 0) is 0 Å². The van der Waals surface area contributed by atoms with Crippen LogP contribution in [0.1, 0.15) is 11.1 Å². The Labute approximate surface area is 64.3 Å². The van der Waals surface area contributed by atoms with Gasteiger partial charge in [0, 0.05) is 0 Å². The minimum Gasteiger partial charge on any atom is -0.699 e. The molecule has 0 aromatic heterocycles. The molecule has 0 spiro atoms. The normalized spacial score (nSPS) is 8.18. The van der Waals surface area contributed by atoms with Gasteiger partial charge in [-0.05, 0) is 6.07 Å². The van der Waals surface area contributed by atoms with Crippen LogP contribution in [-0.4, -0.2) is 0 Å². The number of benzene rings is 1. The third-order valence-corrected chi connectivity index (χ3v) is 1.19. The predicted molar refractivity (Wildman–Crippen MR) is 39.9 cm³/mol. The molecule has 0 atom stereocenters. The molecule has 0 amide bonds. The van der Waals surface area contributed by atoms with E-state index in [9.17, 15) is 0 Å². The summed E-state index contributed by atoms with van der Waals surface area (Å²) in [6.07, 6.45) is 0. The minimum absolute atomic E-state index is 0.195. The van der Waals surface area contributed by atoms with E-state index in [1.54, 1.807) is 0 Å². The first-order valence-corrected chi connectivity index (χ1v) is 2.93. The first kappa shape index (κ1) is 7.11. The van der Waals surface area contributed by atoms with E-state index in [1.807, 2.05) is 12.1 Å². The van der Waals surface area contributed by atoms with Gasteiger partial charge in [0.15, 0.2) is 0 Å². The van der Waals surface area contributed by atoms with Crippen LogP contribution in [0.15, 0.2) is 18.2 Å². The summed E-state index contributed by atoms with van der Waals surface area (Å²) in [5, 5.41) is 16.9. The molecule has 3 heteroatoms. The van der Waals surface area contributed by atoms with Gasteiger partial charge in [0.25, 0.3) is 0 Å². The van der Waals surface area contributed by atoms with Gasteiger partial charge in [0.1, 0.15) is 0 Å². The van der Waals surface area contributed by atoms with E-state index in [2.05, 4.69) is 0 Å².